The van der Waals surface area contributed by atoms with E-state index in [-0.39, 0.29) is 0 Å². The van der Waals surface area contributed by atoms with Crippen molar-refractivity contribution in [3.63, 3.8) is 0 Å². The van der Waals surface area contributed by atoms with Crippen molar-refractivity contribution in [2.75, 3.05) is 30.5 Å². The number of carbonyl (C=O) groups excluding carboxylic acids is 2. The van der Waals surface area contributed by atoms with Gasteiger partial charge in [0.25, 0.3) is 0 Å². The molecular weight excluding hydrogens is 307 g/mol. The van der Waals surface area contributed by atoms with Crippen molar-refractivity contribution < 1.29 is 18.7 Å². The van der Waals surface area contributed by atoms with E-state index in [1.165, 1.54) is 24.3 Å². The molecule has 2 rings (SSSR count). The molecule has 0 aliphatic carbocycles. The summed E-state index contributed by atoms with van der Waals surface area (Å²) in [5, 5.41) is 5.04. The molecule has 0 spiro atoms. The van der Waals surface area contributed by atoms with Gasteiger partial charge in [0, 0.05) is 19.3 Å². The van der Waals surface area contributed by atoms with E-state index in [0.717, 1.165) is 24.3 Å². The normalized spacial score (nSPS) is 16.8. The van der Waals surface area contributed by atoms with Crippen LogP contribution in [0.3, 0.4) is 0 Å². The summed E-state index contributed by atoms with van der Waals surface area (Å²) in [6.07, 6.45) is 1.68. The van der Waals surface area contributed by atoms with Gasteiger partial charge in [-0.25, -0.2) is 4.39 Å². The maximum absolute atomic E-state index is 12.8. The van der Waals surface area contributed by atoms with E-state index in [1.807, 2.05) is 11.8 Å². The predicted molar refractivity (Wildman–Crippen MR) is 84.3 cm³/mol. The van der Waals surface area contributed by atoms with Crippen molar-refractivity contribution >= 4 is 29.3 Å². The number of methoxy groups -OCH3 is 1. The van der Waals surface area contributed by atoms with E-state index in [1.54, 1.807) is 7.11 Å². The van der Waals surface area contributed by atoms with Crippen molar-refractivity contribution in [2.45, 2.75) is 18.4 Å². The Labute approximate surface area is 133 Å². The largest absolute Gasteiger partial charge is 0.376 e. The van der Waals surface area contributed by atoms with E-state index >= 15 is 0 Å². The second-order valence-electron chi connectivity index (χ2n) is 5.14. The highest BCUT2D eigenvalue weighted by Crippen LogP contribution is 2.29. The van der Waals surface area contributed by atoms with Crippen LogP contribution in [0.25, 0.3) is 0 Å². The van der Waals surface area contributed by atoms with Crippen LogP contribution in [0.1, 0.15) is 12.8 Å². The van der Waals surface area contributed by atoms with E-state index in [0.29, 0.717) is 12.2 Å². The van der Waals surface area contributed by atoms with Gasteiger partial charge >= 0.3 is 11.8 Å². The van der Waals surface area contributed by atoms with Crippen LogP contribution in [-0.2, 0) is 14.3 Å². The van der Waals surface area contributed by atoms with Crippen molar-refractivity contribution in [2.24, 2.45) is 0 Å². The summed E-state index contributed by atoms with van der Waals surface area (Å²) in [6.45, 7) is 0.305. The van der Waals surface area contributed by atoms with Gasteiger partial charge in [0.15, 0.2) is 0 Å². The second-order valence-corrected chi connectivity index (χ2v) is 6.37. The third kappa shape index (κ3) is 4.45. The summed E-state index contributed by atoms with van der Waals surface area (Å²) >= 11 is 1.85. The van der Waals surface area contributed by atoms with Crippen LogP contribution in [0.4, 0.5) is 10.1 Å². The van der Waals surface area contributed by atoms with Gasteiger partial charge in [-0.3, -0.25) is 9.59 Å². The summed E-state index contributed by atoms with van der Waals surface area (Å²) in [7, 11) is 1.63. The van der Waals surface area contributed by atoms with Crippen LogP contribution in [-0.4, -0.2) is 42.6 Å². The highest BCUT2D eigenvalue weighted by molar-refractivity contribution is 7.99. The van der Waals surface area contributed by atoms with Crippen molar-refractivity contribution in [1.29, 1.82) is 0 Å². The number of hydrogen-bond donors (Lipinski definition) is 2. The fourth-order valence-electron chi connectivity index (χ4n) is 2.24. The molecule has 1 aromatic carbocycles. The molecule has 0 saturated carbocycles. The predicted octanol–water partition coefficient (Wildman–Crippen LogP) is 1.79. The third-order valence-electron chi connectivity index (χ3n) is 3.72. The van der Waals surface area contributed by atoms with Gasteiger partial charge in [-0.1, -0.05) is 0 Å². The highest BCUT2D eigenvalue weighted by Gasteiger charge is 2.33. The minimum atomic E-state index is -0.775. The van der Waals surface area contributed by atoms with Gasteiger partial charge < -0.3 is 15.4 Å². The first-order valence-corrected chi connectivity index (χ1v) is 8.18. The minimum absolute atomic E-state index is 0.305. The average molecular weight is 326 g/mol. The number of carbonyl (C=O) groups is 2. The monoisotopic (exact) mass is 326 g/mol. The fraction of sp³-hybridized carbons (Fsp3) is 0.467. The molecular formula is C15H19FN2O3S. The molecule has 1 fully saturated rings. The molecule has 1 heterocycles. The molecule has 0 unspecified atom stereocenters. The van der Waals surface area contributed by atoms with Gasteiger partial charge in [0.05, 0.1) is 5.60 Å². The number of amides is 2. The number of nitrogens with one attached hydrogen (secondary N) is 2. The van der Waals surface area contributed by atoms with Crippen LogP contribution >= 0.6 is 11.8 Å². The summed E-state index contributed by atoms with van der Waals surface area (Å²) in [5.41, 5.74) is -0.0195. The van der Waals surface area contributed by atoms with Crippen molar-refractivity contribution in [1.82, 2.24) is 5.32 Å². The Hall–Kier alpha value is -1.60. The summed E-state index contributed by atoms with van der Waals surface area (Å²) in [5.74, 6) is 0.0541. The molecule has 2 amide bonds. The number of halogens is 1. The number of rotatable bonds is 4. The Morgan fingerprint density at radius 2 is 1.86 bits per heavy atom. The molecule has 2 N–H and O–H groups in total. The molecule has 1 saturated heterocycles. The molecule has 0 aromatic heterocycles. The maximum atomic E-state index is 12.8. The van der Waals surface area contributed by atoms with E-state index in [4.69, 9.17) is 4.74 Å². The number of hydrogen-bond acceptors (Lipinski definition) is 4. The maximum Gasteiger partial charge on any atom is 0.313 e. The summed E-state index contributed by atoms with van der Waals surface area (Å²) in [4.78, 5) is 23.7. The lowest BCUT2D eigenvalue weighted by Gasteiger charge is -2.35. The van der Waals surface area contributed by atoms with Gasteiger partial charge in [0.2, 0.25) is 0 Å². The molecule has 120 valence electrons. The number of anilines is 1. The Kier molecular flexibility index (Phi) is 5.79. The van der Waals surface area contributed by atoms with E-state index in [9.17, 15) is 14.0 Å². The standard InChI is InChI=1S/C15H19FN2O3S/c1-21-15(6-8-22-9-7-15)10-17-13(19)14(20)18-12-4-2-11(16)3-5-12/h2-5H,6-10H2,1H3,(H,17,19)(H,18,20). The third-order valence-corrected chi connectivity index (χ3v) is 4.70. The smallest absolute Gasteiger partial charge is 0.313 e. The molecule has 0 atom stereocenters. The lowest BCUT2D eigenvalue weighted by atomic mass is 9.96. The Morgan fingerprint density at radius 1 is 1.23 bits per heavy atom. The van der Waals surface area contributed by atoms with Crippen LogP contribution in [0.5, 0.6) is 0 Å². The van der Waals surface area contributed by atoms with Crippen LogP contribution < -0.4 is 10.6 Å². The van der Waals surface area contributed by atoms with Gasteiger partial charge in [0.1, 0.15) is 5.82 Å². The van der Waals surface area contributed by atoms with Crippen LogP contribution in [0.15, 0.2) is 24.3 Å². The van der Waals surface area contributed by atoms with E-state index < -0.39 is 23.2 Å². The first-order chi connectivity index (χ1) is 10.5. The summed E-state index contributed by atoms with van der Waals surface area (Å²) in [6, 6.07) is 5.23. The quantitative estimate of drug-likeness (QED) is 0.828. The van der Waals surface area contributed by atoms with Crippen LogP contribution in [0.2, 0.25) is 0 Å². The number of benzene rings is 1. The van der Waals surface area contributed by atoms with Gasteiger partial charge in [-0.2, -0.15) is 11.8 Å². The van der Waals surface area contributed by atoms with Gasteiger partial charge in [-0.05, 0) is 48.6 Å². The lowest BCUT2D eigenvalue weighted by Crippen LogP contribution is -2.49. The van der Waals surface area contributed by atoms with Gasteiger partial charge in [-0.15, -0.1) is 0 Å². The van der Waals surface area contributed by atoms with Crippen molar-refractivity contribution in [3.8, 4) is 0 Å². The van der Waals surface area contributed by atoms with Crippen molar-refractivity contribution in [3.05, 3.63) is 30.1 Å². The molecule has 22 heavy (non-hydrogen) atoms. The highest BCUT2D eigenvalue weighted by atomic mass is 32.2. The molecule has 0 radical (unpaired) electrons. The summed E-state index contributed by atoms with van der Waals surface area (Å²) < 4.78 is 18.3. The number of thioether (sulfide) groups is 1. The fourth-order valence-corrected chi connectivity index (χ4v) is 3.48. The van der Waals surface area contributed by atoms with E-state index in [2.05, 4.69) is 10.6 Å². The topological polar surface area (TPSA) is 67.4 Å². The Morgan fingerprint density at radius 3 is 2.45 bits per heavy atom. The zero-order chi connectivity index (χ0) is 16.0. The van der Waals surface area contributed by atoms with Crippen LogP contribution in [0, 0.1) is 5.82 Å². The first kappa shape index (κ1) is 16.8. The minimum Gasteiger partial charge on any atom is -0.376 e. The average Bonchev–Trinajstić information content (AvgIpc) is 2.55. The molecule has 5 nitrogen and oxygen atoms in total. The molecule has 1 aliphatic rings. The zero-order valence-electron chi connectivity index (χ0n) is 12.4. The molecule has 1 aromatic rings. The molecule has 0 bridgehead atoms. The Balaban J connectivity index is 1.85. The first-order valence-electron chi connectivity index (χ1n) is 7.02. The SMILES string of the molecule is COC1(CNC(=O)C(=O)Nc2ccc(F)cc2)CCSCC1. The zero-order valence-corrected chi connectivity index (χ0v) is 13.2. The lowest BCUT2D eigenvalue weighted by molar-refractivity contribution is -0.137. The number of ether oxygens (including phenoxy) is 1. The molecule has 1 aliphatic heterocycles. The molecule has 7 heteroatoms. The second kappa shape index (κ2) is 7.60. The Bertz CT molecular complexity index is 530.